The number of rotatable bonds is 4. The Kier molecular flexibility index (Phi) is 5.52. The van der Waals surface area contributed by atoms with E-state index in [0.29, 0.717) is 0 Å². The molecule has 0 aromatic heterocycles. The quantitative estimate of drug-likeness (QED) is 0.195. The Balaban J connectivity index is 1.20. The summed E-state index contributed by atoms with van der Waals surface area (Å²) in [4.78, 5) is 0. The topological polar surface area (TPSA) is 0 Å². The lowest BCUT2D eigenvalue weighted by molar-refractivity contribution is 1.22. The van der Waals surface area contributed by atoms with Gasteiger partial charge in [-0.15, -0.1) is 0 Å². The zero-order chi connectivity index (χ0) is 27.6. The molecule has 0 N–H and O–H groups in total. The molecule has 0 nitrogen and oxygen atoms in total. The van der Waals surface area contributed by atoms with Gasteiger partial charge in [0.05, 0.1) is 0 Å². The van der Waals surface area contributed by atoms with Crippen molar-refractivity contribution in [2.75, 3.05) is 0 Å². The van der Waals surface area contributed by atoms with Gasteiger partial charge in [0.15, 0.2) is 0 Å². The van der Waals surface area contributed by atoms with Crippen LogP contribution in [0.5, 0.6) is 0 Å². The van der Waals surface area contributed by atoms with Crippen molar-refractivity contribution in [2.45, 2.75) is 25.9 Å². The van der Waals surface area contributed by atoms with Crippen molar-refractivity contribution in [3.63, 3.8) is 0 Å². The third-order valence-corrected chi connectivity index (χ3v) is 13.4. The van der Waals surface area contributed by atoms with Crippen LogP contribution in [0.2, 0.25) is 13.1 Å². The molecule has 0 radical (unpaired) electrons. The van der Waals surface area contributed by atoms with E-state index in [9.17, 15) is 0 Å². The summed E-state index contributed by atoms with van der Waals surface area (Å²) in [5.41, 5.74) is 11.2. The van der Waals surface area contributed by atoms with Crippen LogP contribution in [0, 0.1) is 0 Å². The first-order valence-corrected chi connectivity index (χ1v) is 17.7. The molecule has 0 saturated heterocycles. The summed E-state index contributed by atoms with van der Waals surface area (Å²) in [7, 11) is -1.87. The highest BCUT2D eigenvalue weighted by Gasteiger charge is 2.36. The number of fused-ring (bicyclic) bond motifs is 4. The van der Waals surface area contributed by atoms with Crippen molar-refractivity contribution < 1.29 is 0 Å². The van der Waals surface area contributed by atoms with Gasteiger partial charge in [0.25, 0.3) is 0 Å². The number of benzene rings is 6. The van der Waals surface area contributed by atoms with E-state index in [4.69, 9.17) is 0 Å². The summed E-state index contributed by atoms with van der Waals surface area (Å²) < 4.78 is 0. The molecule has 0 aliphatic heterocycles. The van der Waals surface area contributed by atoms with Gasteiger partial charge in [-0.25, -0.2) is 0 Å². The van der Waals surface area contributed by atoms with E-state index in [-0.39, 0.29) is 0 Å². The van der Waals surface area contributed by atoms with Gasteiger partial charge < -0.3 is 0 Å². The second kappa shape index (κ2) is 9.29. The van der Waals surface area contributed by atoms with Gasteiger partial charge in [-0.3, -0.25) is 0 Å². The van der Waals surface area contributed by atoms with E-state index in [1.807, 2.05) is 0 Å². The Morgan fingerprint density at radius 2 is 0.805 bits per heavy atom. The molecule has 0 bridgehead atoms. The van der Waals surface area contributed by atoms with E-state index in [0.717, 1.165) is 12.8 Å². The first-order chi connectivity index (χ1) is 20.1. The fourth-order valence-electron chi connectivity index (χ4n) is 7.14. The SMILES string of the molecule is C[Si](C)(C1=Cc2c(cccc2-c2cccc3ccccc23)C1)C1=Cc2c(cccc2-c2cccc3ccccc23)C1. The zero-order valence-corrected chi connectivity index (χ0v) is 24.6. The van der Waals surface area contributed by atoms with Gasteiger partial charge in [0.1, 0.15) is 8.07 Å². The van der Waals surface area contributed by atoms with E-state index >= 15 is 0 Å². The molecular weight excluding hydrogens is 509 g/mol. The van der Waals surface area contributed by atoms with Crippen LogP contribution in [0.1, 0.15) is 22.3 Å². The lowest BCUT2D eigenvalue weighted by atomic mass is 9.93. The summed E-state index contributed by atoms with van der Waals surface area (Å²) in [5.74, 6) is 0. The fraction of sp³-hybridized carbons (Fsp3) is 0.100. The van der Waals surface area contributed by atoms with Gasteiger partial charge in [0, 0.05) is 0 Å². The maximum atomic E-state index is 2.57. The van der Waals surface area contributed by atoms with E-state index in [1.54, 1.807) is 10.4 Å². The Morgan fingerprint density at radius 1 is 0.415 bits per heavy atom. The minimum absolute atomic E-state index is 1.07. The molecule has 6 aromatic carbocycles. The van der Waals surface area contributed by atoms with Crippen LogP contribution in [0.25, 0.3) is 56.0 Å². The first-order valence-electron chi connectivity index (χ1n) is 14.7. The Labute approximate surface area is 243 Å². The molecule has 0 heterocycles. The number of allylic oxidation sites excluding steroid dienone is 2. The van der Waals surface area contributed by atoms with Crippen molar-refractivity contribution in [1.29, 1.82) is 0 Å². The second-order valence-corrected chi connectivity index (χ2v) is 16.7. The van der Waals surface area contributed by atoms with E-state index in [1.165, 1.54) is 66.1 Å². The second-order valence-electron chi connectivity index (χ2n) is 12.1. The molecule has 0 amide bonds. The molecule has 0 unspecified atom stereocenters. The van der Waals surface area contributed by atoms with Crippen LogP contribution in [-0.4, -0.2) is 8.07 Å². The molecule has 6 aromatic rings. The largest absolute Gasteiger partial charge is 0.103 e. The number of hydrogen-bond acceptors (Lipinski definition) is 0. The molecule has 8 rings (SSSR count). The van der Waals surface area contributed by atoms with Crippen LogP contribution in [-0.2, 0) is 12.8 Å². The Morgan fingerprint density at radius 3 is 1.29 bits per heavy atom. The number of hydrogen-bond donors (Lipinski definition) is 0. The summed E-state index contributed by atoms with van der Waals surface area (Å²) in [5, 5.41) is 8.55. The van der Waals surface area contributed by atoms with Gasteiger partial charge in [-0.05, 0) is 78.9 Å². The van der Waals surface area contributed by atoms with Crippen LogP contribution >= 0.6 is 0 Å². The summed E-state index contributed by atoms with van der Waals surface area (Å²) >= 11 is 0. The molecule has 2 aliphatic carbocycles. The molecule has 2 aliphatic rings. The molecular formula is C40H32Si. The lowest BCUT2D eigenvalue weighted by Gasteiger charge is -2.26. The van der Waals surface area contributed by atoms with Gasteiger partial charge in [-0.1, -0.05) is 157 Å². The predicted octanol–water partition coefficient (Wildman–Crippen LogP) is 10.7. The standard InChI is InChI=1S/C40H32Si/c1-41(2,31-23-29-15-9-21-37(39(29)25-31)35-19-7-13-27-11-3-5-17-33(27)35)32-24-30-16-10-22-38(40(30)26-32)36-20-8-14-28-12-4-6-18-34(28)36/h3-22,25-26H,23-24H2,1-2H3. The molecule has 0 spiro atoms. The summed E-state index contributed by atoms with van der Waals surface area (Å²) in [6.07, 6.45) is 7.26. The summed E-state index contributed by atoms with van der Waals surface area (Å²) in [6.45, 7) is 5.13. The third kappa shape index (κ3) is 3.88. The van der Waals surface area contributed by atoms with Crippen molar-refractivity contribution in [3.8, 4) is 22.3 Å². The molecule has 1 heteroatoms. The van der Waals surface area contributed by atoms with Gasteiger partial charge >= 0.3 is 0 Å². The highest BCUT2D eigenvalue weighted by atomic mass is 28.3. The summed E-state index contributed by atoms with van der Waals surface area (Å²) in [6, 6.07) is 44.8. The van der Waals surface area contributed by atoms with Crippen molar-refractivity contribution in [3.05, 3.63) is 154 Å². The minimum atomic E-state index is -1.87. The maximum absolute atomic E-state index is 2.57. The van der Waals surface area contributed by atoms with Crippen LogP contribution in [0.15, 0.2) is 132 Å². The lowest BCUT2D eigenvalue weighted by Crippen LogP contribution is -2.32. The molecule has 0 saturated carbocycles. The zero-order valence-electron chi connectivity index (χ0n) is 23.6. The van der Waals surface area contributed by atoms with Crippen LogP contribution < -0.4 is 0 Å². The highest BCUT2D eigenvalue weighted by molar-refractivity contribution is 6.92. The molecule has 0 fully saturated rings. The van der Waals surface area contributed by atoms with Crippen molar-refractivity contribution in [2.24, 2.45) is 0 Å². The average molecular weight is 541 g/mol. The Bertz CT molecular complexity index is 1910. The first kappa shape index (κ1) is 24.3. The van der Waals surface area contributed by atoms with Crippen LogP contribution in [0.4, 0.5) is 0 Å². The minimum Gasteiger partial charge on any atom is -0.0714 e. The molecule has 196 valence electrons. The van der Waals surface area contributed by atoms with Gasteiger partial charge in [0.2, 0.25) is 0 Å². The highest BCUT2D eigenvalue weighted by Crippen LogP contribution is 2.44. The van der Waals surface area contributed by atoms with E-state index < -0.39 is 8.07 Å². The average Bonchev–Trinajstić information content (AvgIpc) is 3.66. The maximum Gasteiger partial charge on any atom is 0.103 e. The van der Waals surface area contributed by atoms with Gasteiger partial charge in [-0.2, -0.15) is 0 Å². The smallest absolute Gasteiger partial charge is 0.0714 e. The van der Waals surface area contributed by atoms with Crippen molar-refractivity contribution in [1.82, 2.24) is 0 Å². The van der Waals surface area contributed by atoms with Crippen LogP contribution in [0.3, 0.4) is 0 Å². The Hall–Kier alpha value is -4.46. The molecule has 0 atom stereocenters. The third-order valence-electron chi connectivity index (χ3n) is 9.56. The van der Waals surface area contributed by atoms with E-state index in [2.05, 4.69) is 147 Å². The predicted molar refractivity (Wildman–Crippen MR) is 180 cm³/mol. The normalized spacial score (nSPS) is 14.2. The van der Waals surface area contributed by atoms with Crippen molar-refractivity contribution >= 4 is 41.8 Å². The molecule has 41 heavy (non-hydrogen) atoms. The fourth-order valence-corrected chi connectivity index (χ4v) is 9.82. The monoisotopic (exact) mass is 540 g/mol.